The summed E-state index contributed by atoms with van der Waals surface area (Å²) >= 11 is 0.389. The van der Waals surface area contributed by atoms with Crippen LogP contribution < -0.4 is 0 Å². The number of hydrogen-bond acceptors (Lipinski definition) is 6. The standard InChI is InChI=1S/C58H44N6.4ClH.2Fe/c1-41-21-15-17-31-49(41)63-57(45-27-11-5-12-28-45)53-35-19-33-51(61-53)55(43-23-7-3-8-24-43)59-47-37-39-48(40-38-47)60-56(44-25-9-4-10-26-44)52-34-20-36-54(62-52)58(46-29-13-6-14-30-46)64-50-32-18-16-22-42(50)2;;;;;;/h3-40H,1-2H3;4*1H;;/q;;;;;2*+2/p-4. The average molecular weight is 1080 g/mol. The van der Waals surface area contributed by atoms with E-state index in [9.17, 15) is 0 Å². The van der Waals surface area contributed by atoms with E-state index < -0.39 is 0 Å². The fourth-order valence-corrected chi connectivity index (χ4v) is 7.34. The Morgan fingerprint density at radius 2 is 0.543 bits per heavy atom. The molecule has 350 valence electrons. The van der Waals surface area contributed by atoms with Gasteiger partial charge in [0.25, 0.3) is 0 Å². The van der Waals surface area contributed by atoms with Gasteiger partial charge in [-0.05, 0) is 85.6 Å². The predicted molar refractivity (Wildman–Crippen MR) is 288 cm³/mol. The third-order valence-electron chi connectivity index (χ3n) is 10.7. The van der Waals surface area contributed by atoms with Crippen LogP contribution in [0.1, 0.15) is 56.2 Å². The molecule has 0 radical (unpaired) electrons. The number of benzene rings is 7. The molecule has 0 N–H and O–H groups in total. The Bertz CT molecular complexity index is 2990. The molecule has 9 rings (SSSR count). The van der Waals surface area contributed by atoms with Gasteiger partial charge in [0.05, 0.1) is 68.4 Å². The van der Waals surface area contributed by atoms with Crippen molar-refractivity contribution in [1.82, 2.24) is 9.97 Å². The van der Waals surface area contributed by atoms with Crippen LogP contribution in [0.5, 0.6) is 0 Å². The quantitative estimate of drug-likeness (QED) is 0.0903. The zero-order chi connectivity index (χ0) is 48.9. The van der Waals surface area contributed by atoms with Crippen molar-refractivity contribution in [1.29, 1.82) is 0 Å². The molecular weight excluding hydrogens is 1030 g/mol. The van der Waals surface area contributed by atoms with E-state index in [1.54, 1.807) is 0 Å². The first-order chi connectivity index (χ1) is 34.4. The van der Waals surface area contributed by atoms with E-state index in [-0.39, 0.29) is 26.3 Å². The van der Waals surface area contributed by atoms with Crippen LogP contribution in [0.4, 0.5) is 22.7 Å². The van der Waals surface area contributed by atoms with Gasteiger partial charge in [-0.25, -0.2) is 29.9 Å². The number of para-hydroxylation sites is 2. The predicted octanol–water partition coefficient (Wildman–Crippen LogP) is 16.5. The fraction of sp³-hybridized carbons (Fsp3) is 0.0345. The van der Waals surface area contributed by atoms with Crippen molar-refractivity contribution in [3.63, 3.8) is 0 Å². The molecule has 2 heterocycles. The van der Waals surface area contributed by atoms with Crippen LogP contribution >= 0.6 is 40.4 Å². The van der Waals surface area contributed by atoms with E-state index in [2.05, 4.69) is 74.5 Å². The van der Waals surface area contributed by atoms with Gasteiger partial charge in [0, 0.05) is 22.3 Å². The van der Waals surface area contributed by atoms with Crippen LogP contribution in [0.3, 0.4) is 0 Å². The molecule has 0 aliphatic heterocycles. The molecule has 0 bridgehead atoms. The molecule has 0 unspecified atom stereocenters. The van der Waals surface area contributed by atoms with Crippen LogP contribution in [0.25, 0.3) is 0 Å². The first kappa shape index (κ1) is 51.6. The van der Waals surface area contributed by atoms with Crippen molar-refractivity contribution in [2.45, 2.75) is 13.8 Å². The summed E-state index contributed by atoms with van der Waals surface area (Å²) in [5.74, 6) is 0. The SMILES string of the molecule is Cc1ccccc1N=C(c1ccccc1)c1cccc(C(=Nc2ccc(N=C(c3ccccc3)c3cccc(C(=Nc4ccccc4C)c4ccccc4)n3)cc2)c2ccccc2)n1.[Cl][Fe][Cl].[Cl][Fe][Cl]. The molecule has 0 aliphatic carbocycles. The molecule has 0 atom stereocenters. The topological polar surface area (TPSA) is 75.2 Å². The summed E-state index contributed by atoms with van der Waals surface area (Å²) < 4.78 is 0. The number of halogens is 4. The number of hydrogen-bond donors (Lipinski definition) is 0. The van der Waals surface area contributed by atoms with Gasteiger partial charge in [-0.2, -0.15) is 0 Å². The molecule has 0 amide bonds. The van der Waals surface area contributed by atoms with Gasteiger partial charge >= 0.3 is 66.7 Å². The zero-order valence-corrected chi connectivity index (χ0v) is 43.1. The second kappa shape index (κ2) is 27.2. The van der Waals surface area contributed by atoms with Crippen LogP contribution in [0.15, 0.2) is 250 Å². The molecule has 0 fully saturated rings. The van der Waals surface area contributed by atoms with Gasteiger partial charge in [0.15, 0.2) is 0 Å². The van der Waals surface area contributed by atoms with E-state index in [1.807, 2.05) is 170 Å². The summed E-state index contributed by atoms with van der Waals surface area (Å²) in [4.78, 5) is 31.3. The summed E-state index contributed by atoms with van der Waals surface area (Å²) in [6, 6.07) is 77.1. The van der Waals surface area contributed by atoms with Crippen molar-refractivity contribution < 1.29 is 26.3 Å². The maximum absolute atomic E-state index is 5.25. The molecule has 70 heavy (non-hydrogen) atoms. The molecule has 0 saturated carbocycles. The van der Waals surface area contributed by atoms with E-state index >= 15 is 0 Å². The Labute approximate surface area is 439 Å². The van der Waals surface area contributed by atoms with Gasteiger partial charge < -0.3 is 0 Å². The summed E-state index contributed by atoms with van der Waals surface area (Å²) in [6.45, 7) is 4.15. The first-order valence-electron chi connectivity index (χ1n) is 21.8. The van der Waals surface area contributed by atoms with Crippen LogP contribution in [-0.4, -0.2) is 32.8 Å². The van der Waals surface area contributed by atoms with Crippen molar-refractivity contribution in [2.24, 2.45) is 20.0 Å². The van der Waals surface area contributed by atoms with Gasteiger partial charge in [0.2, 0.25) is 0 Å². The molecule has 9 aromatic rings. The normalized spacial score (nSPS) is 11.9. The number of aliphatic imine (C=N–C) groups is 4. The van der Waals surface area contributed by atoms with E-state index in [0.717, 1.165) is 102 Å². The Kier molecular flexibility index (Phi) is 20.0. The van der Waals surface area contributed by atoms with Crippen molar-refractivity contribution in [2.75, 3.05) is 0 Å². The molecule has 7 aromatic carbocycles. The summed E-state index contributed by atoms with van der Waals surface area (Å²) in [5.41, 5.74) is 15.4. The second-order valence-electron chi connectivity index (χ2n) is 15.3. The van der Waals surface area contributed by atoms with E-state index in [4.69, 9.17) is 70.3 Å². The second-order valence-corrected chi connectivity index (χ2v) is 19.0. The monoisotopic (exact) mass is 1080 g/mol. The summed E-state index contributed by atoms with van der Waals surface area (Å²) in [5, 5.41) is 0. The minimum atomic E-state index is 0.194. The number of nitrogens with zero attached hydrogens (tertiary/aromatic N) is 6. The molecule has 12 heteroatoms. The summed E-state index contributed by atoms with van der Waals surface area (Å²) in [6.07, 6.45) is 0. The third-order valence-corrected chi connectivity index (χ3v) is 10.7. The van der Waals surface area contributed by atoms with Crippen molar-refractivity contribution in [3.8, 4) is 0 Å². The van der Waals surface area contributed by atoms with E-state index in [0.29, 0.717) is 0 Å². The fourth-order valence-electron chi connectivity index (χ4n) is 7.34. The Hall–Kier alpha value is -6.28. The van der Waals surface area contributed by atoms with Crippen LogP contribution in [-0.2, 0) is 26.3 Å². The Balaban J connectivity index is 0.00000115. The Morgan fingerprint density at radius 3 is 0.814 bits per heavy atom. The Morgan fingerprint density at radius 1 is 0.300 bits per heavy atom. The molecule has 0 aliphatic rings. The summed E-state index contributed by atoms with van der Waals surface area (Å²) in [7, 11) is 19.1. The maximum atomic E-state index is 5.25. The van der Waals surface area contributed by atoms with Crippen molar-refractivity contribution >= 4 is 86.0 Å². The van der Waals surface area contributed by atoms with Crippen LogP contribution in [0, 0.1) is 13.8 Å². The number of aromatic nitrogens is 2. The molecule has 0 spiro atoms. The molecule has 2 aromatic heterocycles. The third kappa shape index (κ3) is 14.4. The number of aryl methyl sites for hydroxylation is 2. The minimum absolute atomic E-state index is 0.194. The van der Waals surface area contributed by atoms with Crippen molar-refractivity contribution in [3.05, 3.63) is 287 Å². The molecule has 6 nitrogen and oxygen atoms in total. The zero-order valence-electron chi connectivity index (χ0n) is 37.8. The molecular formula is C58H44Cl4Fe2N6. The van der Waals surface area contributed by atoms with Gasteiger partial charge in [-0.1, -0.05) is 170 Å². The average Bonchev–Trinajstić information content (AvgIpc) is 3.41. The van der Waals surface area contributed by atoms with Gasteiger partial charge in [0.1, 0.15) is 0 Å². The van der Waals surface area contributed by atoms with Gasteiger partial charge in [-0.15, -0.1) is 0 Å². The van der Waals surface area contributed by atoms with E-state index in [1.165, 1.54) is 0 Å². The van der Waals surface area contributed by atoms with Crippen LogP contribution in [0.2, 0.25) is 0 Å². The number of pyridine rings is 2. The first-order valence-corrected chi connectivity index (χ1v) is 27.9. The van der Waals surface area contributed by atoms with Gasteiger partial charge in [-0.3, -0.25) is 0 Å². The number of rotatable bonds is 12. The molecule has 0 saturated heterocycles.